The maximum absolute atomic E-state index is 11.9. The topological polar surface area (TPSA) is 88.1 Å². The van der Waals surface area contributed by atoms with E-state index < -0.39 is 5.97 Å². The number of ether oxygens (including phenoxy) is 2. The first-order valence-electron chi connectivity index (χ1n) is 6.87. The molecule has 2 N–H and O–H groups in total. The Kier molecular flexibility index (Phi) is 9.40. The Morgan fingerprint density at radius 1 is 1.29 bits per heavy atom. The minimum Gasteiger partial charge on any atom is -0.461 e. The number of nitrogens with one attached hydrogen (secondary N) is 1. The number of rotatable bonds is 9. The molecule has 0 aliphatic rings. The van der Waals surface area contributed by atoms with Crippen LogP contribution < -0.4 is 5.32 Å². The number of esters is 1. The quantitative estimate of drug-likeness (QED) is 0.368. The molecule has 0 radical (unpaired) electrons. The highest BCUT2D eigenvalue weighted by Crippen LogP contribution is 2.06. The van der Waals surface area contributed by atoms with Crippen LogP contribution in [0.1, 0.15) is 20.8 Å². The van der Waals surface area contributed by atoms with Crippen LogP contribution in [0.15, 0.2) is 12.7 Å². The number of carbonyl (C=O) groups excluding carboxylic acids is 2. The first-order valence-corrected chi connectivity index (χ1v) is 6.87. The van der Waals surface area contributed by atoms with Crippen LogP contribution in [0, 0.1) is 0 Å². The van der Waals surface area contributed by atoms with E-state index in [1.54, 1.807) is 0 Å². The van der Waals surface area contributed by atoms with Crippen molar-refractivity contribution in [3.63, 3.8) is 0 Å². The standard InChI is InChI=1S/C14H26N2O5/c1-5-12(18)20-10-6-15-13(19)16(7-9-17)8-11-21-14(2,3)4/h5,17H,1,6-11H2,2-4H3,(H,15,19). The van der Waals surface area contributed by atoms with Crippen molar-refractivity contribution in [2.75, 3.05) is 39.5 Å². The predicted octanol–water partition coefficient (Wildman–Crippen LogP) is 0.535. The fourth-order valence-corrected chi connectivity index (χ4v) is 1.38. The molecule has 0 aromatic carbocycles. The van der Waals surface area contributed by atoms with Gasteiger partial charge in [0.2, 0.25) is 0 Å². The van der Waals surface area contributed by atoms with Crippen molar-refractivity contribution in [3.8, 4) is 0 Å². The average Bonchev–Trinajstić information content (AvgIpc) is 2.40. The number of urea groups is 1. The lowest BCUT2D eigenvalue weighted by Crippen LogP contribution is -2.44. The van der Waals surface area contributed by atoms with Crippen LogP contribution in [0.25, 0.3) is 0 Å². The summed E-state index contributed by atoms with van der Waals surface area (Å²) in [4.78, 5) is 24.2. The van der Waals surface area contributed by atoms with Gasteiger partial charge in [0, 0.05) is 19.2 Å². The smallest absolute Gasteiger partial charge is 0.330 e. The largest absolute Gasteiger partial charge is 0.461 e. The van der Waals surface area contributed by atoms with Crippen molar-refractivity contribution >= 4 is 12.0 Å². The van der Waals surface area contributed by atoms with Gasteiger partial charge >= 0.3 is 12.0 Å². The van der Waals surface area contributed by atoms with E-state index in [0.29, 0.717) is 13.2 Å². The third kappa shape index (κ3) is 10.8. The van der Waals surface area contributed by atoms with Gasteiger partial charge in [-0.25, -0.2) is 9.59 Å². The average molecular weight is 302 g/mol. The SMILES string of the molecule is C=CC(=O)OCCNC(=O)N(CCO)CCOC(C)(C)C. The van der Waals surface area contributed by atoms with Crippen molar-refractivity contribution < 1.29 is 24.2 Å². The summed E-state index contributed by atoms with van der Waals surface area (Å²) >= 11 is 0. The van der Waals surface area contributed by atoms with Crippen molar-refractivity contribution in [3.05, 3.63) is 12.7 Å². The molecule has 0 aromatic heterocycles. The minimum absolute atomic E-state index is 0.0715. The summed E-state index contributed by atoms with van der Waals surface area (Å²) in [5.41, 5.74) is -0.278. The Labute approximate surface area is 125 Å². The monoisotopic (exact) mass is 302 g/mol. The molecule has 0 rings (SSSR count). The maximum atomic E-state index is 11.9. The molecule has 0 aliphatic carbocycles. The van der Waals surface area contributed by atoms with Gasteiger partial charge in [-0.3, -0.25) is 0 Å². The molecule has 7 nitrogen and oxygen atoms in total. The molecule has 0 bridgehead atoms. The van der Waals surface area contributed by atoms with E-state index in [1.807, 2.05) is 20.8 Å². The molecule has 0 spiro atoms. The number of amides is 2. The highest BCUT2D eigenvalue weighted by atomic mass is 16.5. The Balaban J connectivity index is 4.05. The first kappa shape index (κ1) is 19.4. The third-order valence-electron chi connectivity index (χ3n) is 2.34. The fourth-order valence-electron chi connectivity index (χ4n) is 1.38. The number of hydrogen-bond donors (Lipinski definition) is 2. The molecule has 0 fully saturated rings. The highest BCUT2D eigenvalue weighted by Gasteiger charge is 2.15. The zero-order valence-corrected chi connectivity index (χ0v) is 13.1. The van der Waals surface area contributed by atoms with Gasteiger partial charge in [-0.15, -0.1) is 0 Å². The van der Waals surface area contributed by atoms with E-state index in [1.165, 1.54) is 4.90 Å². The third-order valence-corrected chi connectivity index (χ3v) is 2.34. The summed E-state index contributed by atoms with van der Waals surface area (Å²) in [6, 6.07) is -0.337. The number of carbonyl (C=O) groups is 2. The molecule has 7 heteroatoms. The second-order valence-electron chi connectivity index (χ2n) is 5.28. The van der Waals surface area contributed by atoms with Crippen LogP contribution in [0.5, 0.6) is 0 Å². The molecule has 0 saturated heterocycles. The lowest BCUT2D eigenvalue weighted by Gasteiger charge is -2.25. The summed E-state index contributed by atoms with van der Waals surface area (Å²) in [6.45, 7) is 10.2. The Hall–Kier alpha value is -1.60. The Morgan fingerprint density at radius 2 is 1.95 bits per heavy atom. The molecular formula is C14H26N2O5. The molecule has 0 unspecified atom stereocenters. The summed E-state index contributed by atoms with van der Waals surface area (Å²) in [5.74, 6) is -0.532. The van der Waals surface area contributed by atoms with E-state index in [4.69, 9.17) is 14.6 Å². The molecule has 0 heterocycles. The second-order valence-corrected chi connectivity index (χ2v) is 5.28. The van der Waals surface area contributed by atoms with Gasteiger partial charge in [0.25, 0.3) is 0 Å². The van der Waals surface area contributed by atoms with E-state index in [0.717, 1.165) is 6.08 Å². The molecular weight excluding hydrogens is 276 g/mol. The van der Waals surface area contributed by atoms with Crippen molar-refractivity contribution in [2.24, 2.45) is 0 Å². The van der Waals surface area contributed by atoms with Crippen LogP contribution in [0.2, 0.25) is 0 Å². The number of hydrogen-bond acceptors (Lipinski definition) is 5. The molecule has 0 saturated carbocycles. The number of nitrogens with zero attached hydrogens (tertiary/aromatic N) is 1. The molecule has 0 aliphatic heterocycles. The Morgan fingerprint density at radius 3 is 2.48 bits per heavy atom. The molecule has 0 atom stereocenters. The van der Waals surface area contributed by atoms with Gasteiger partial charge in [0.05, 0.1) is 25.4 Å². The summed E-state index contributed by atoms with van der Waals surface area (Å²) in [6.07, 6.45) is 1.06. The van der Waals surface area contributed by atoms with Gasteiger partial charge in [-0.05, 0) is 20.8 Å². The van der Waals surface area contributed by atoms with Crippen molar-refractivity contribution in [2.45, 2.75) is 26.4 Å². The first-order chi connectivity index (χ1) is 9.80. The van der Waals surface area contributed by atoms with E-state index in [2.05, 4.69) is 11.9 Å². The van der Waals surface area contributed by atoms with Gasteiger partial charge in [-0.2, -0.15) is 0 Å². The fraction of sp³-hybridized carbons (Fsp3) is 0.714. The molecule has 21 heavy (non-hydrogen) atoms. The van der Waals surface area contributed by atoms with E-state index >= 15 is 0 Å². The molecule has 122 valence electrons. The lowest BCUT2D eigenvalue weighted by molar-refractivity contribution is -0.137. The van der Waals surface area contributed by atoms with Crippen LogP contribution >= 0.6 is 0 Å². The van der Waals surface area contributed by atoms with Crippen LogP contribution in [0.4, 0.5) is 4.79 Å². The Bertz CT molecular complexity index is 339. The molecule has 0 aromatic rings. The van der Waals surface area contributed by atoms with Gasteiger partial charge in [0.15, 0.2) is 0 Å². The van der Waals surface area contributed by atoms with Gasteiger partial charge in [0.1, 0.15) is 6.61 Å². The molecule has 2 amide bonds. The van der Waals surface area contributed by atoms with Crippen LogP contribution in [-0.4, -0.2) is 67.1 Å². The second kappa shape index (κ2) is 10.2. The summed E-state index contributed by atoms with van der Waals surface area (Å²) in [7, 11) is 0. The van der Waals surface area contributed by atoms with E-state index in [9.17, 15) is 9.59 Å². The van der Waals surface area contributed by atoms with Crippen molar-refractivity contribution in [1.82, 2.24) is 10.2 Å². The predicted molar refractivity (Wildman–Crippen MR) is 78.9 cm³/mol. The lowest BCUT2D eigenvalue weighted by atomic mass is 10.2. The summed E-state index contributed by atoms with van der Waals surface area (Å²) < 4.78 is 10.3. The van der Waals surface area contributed by atoms with Crippen LogP contribution in [-0.2, 0) is 14.3 Å². The normalized spacial score (nSPS) is 10.9. The maximum Gasteiger partial charge on any atom is 0.330 e. The minimum atomic E-state index is -0.532. The zero-order chi connectivity index (χ0) is 16.3. The zero-order valence-electron chi connectivity index (χ0n) is 13.1. The highest BCUT2D eigenvalue weighted by molar-refractivity contribution is 5.81. The number of aliphatic hydroxyl groups is 1. The summed E-state index contributed by atoms with van der Waals surface area (Å²) in [5, 5.41) is 11.6. The van der Waals surface area contributed by atoms with E-state index in [-0.39, 0.29) is 37.9 Å². The van der Waals surface area contributed by atoms with Crippen LogP contribution in [0.3, 0.4) is 0 Å². The van der Waals surface area contributed by atoms with Crippen molar-refractivity contribution in [1.29, 1.82) is 0 Å². The van der Waals surface area contributed by atoms with Gasteiger partial charge < -0.3 is 24.8 Å². The van der Waals surface area contributed by atoms with Gasteiger partial charge in [-0.1, -0.05) is 6.58 Å². The number of aliphatic hydroxyl groups excluding tert-OH is 1.